The zero-order chi connectivity index (χ0) is 14.8. The van der Waals surface area contributed by atoms with Crippen molar-refractivity contribution in [3.63, 3.8) is 0 Å². The lowest BCUT2D eigenvalue weighted by Gasteiger charge is -2.36. The Morgan fingerprint density at radius 3 is 2.50 bits per heavy atom. The van der Waals surface area contributed by atoms with Crippen molar-refractivity contribution in [1.29, 1.82) is 0 Å². The molecule has 2 N–H and O–H groups in total. The fraction of sp³-hybridized carbons (Fsp3) is 0.615. The van der Waals surface area contributed by atoms with Crippen molar-refractivity contribution >= 4 is 5.82 Å². The Morgan fingerprint density at radius 2 is 1.95 bits per heavy atom. The molecule has 1 aliphatic rings. The van der Waals surface area contributed by atoms with Gasteiger partial charge >= 0.3 is 6.18 Å². The van der Waals surface area contributed by atoms with E-state index < -0.39 is 12.7 Å². The van der Waals surface area contributed by atoms with E-state index in [-0.39, 0.29) is 6.04 Å². The molecule has 4 nitrogen and oxygen atoms in total. The first-order valence-corrected chi connectivity index (χ1v) is 6.61. The van der Waals surface area contributed by atoms with Crippen LogP contribution in [-0.2, 0) is 0 Å². The fourth-order valence-corrected chi connectivity index (χ4v) is 2.40. The van der Waals surface area contributed by atoms with Crippen molar-refractivity contribution in [2.45, 2.75) is 19.1 Å². The van der Waals surface area contributed by atoms with Crippen LogP contribution in [0.25, 0.3) is 0 Å². The fourth-order valence-electron chi connectivity index (χ4n) is 2.40. The molecule has 1 aliphatic heterocycles. The van der Waals surface area contributed by atoms with Crippen LogP contribution in [0.1, 0.15) is 18.5 Å². The number of hydrogen-bond donors (Lipinski definition) is 1. The van der Waals surface area contributed by atoms with Crippen LogP contribution in [0.3, 0.4) is 0 Å². The van der Waals surface area contributed by atoms with Gasteiger partial charge in [0.25, 0.3) is 0 Å². The molecular formula is C13H19F3N4. The Hall–Kier alpha value is -1.34. The quantitative estimate of drug-likeness (QED) is 0.921. The van der Waals surface area contributed by atoms with E-state index in [9.17, 15) is 13.2 Å². The third-order valence-corrected chi connectivity index (χ3v) is 3.38. The third-order valence-electron chi connectivity index (χ3n) is 3.38. The number of halogens is 3. The van der Waals surface area contributed by atoms with Gasteiger partial charge in [-0.05, 0) is 13.0 Å². The summed E-state index contributed by atoms with van der Waals surface area (Å²) in [6.07, 6.45) is -2.45. The van der Waals surface area contributed by atoms with Gasteiger partial charge in [0.2, 0.25) is 0 Å². The van der Waals surface area contributed by atoms with Gasteiger partial charge in [-0.1, -0.05) is 6.07 Å². The number of piperazine rings is 1. The Morgan fingerprint density at radius 1 is 1.30 bits per heavy atom. The van der Waals surface area contributed by atoms with Crippen LogP contribution in [-0.4, -0.2) is 48.8 Å². The second-order valence-corrected chi connectivity index (χ2v) is 5.08. The van der Waals surface area contributed by atoms with Gasteiger partial charge in [-0.2, -0.15) is 13.2 Å². The number of rotatable bonds is 3. The largest absolute Gasteiger partial charge is 0.401 e. The molecule has 2 heterocycles. The predicted octanol–water partition coefficient (Wildman–Crippen LogP) is 1.79. The smallest absolute Gasteiger partial charge is 0.354 e. The monoisotopic (exact) mass is 288 g/mol. The van der Waals surface area contributed by atoms with E-state index in [0.29, 0.717) is 26.2 Å². The van der Waals surface area contributed by atoms with Crippen molar-refractivity contribution < 1.29 is 13.2 Å². The highest BCUT2D eigenvalue weighted by Crippen LogP contribution is 2.24. The molecule has 0 radical (unpaired) electrons. The molecule has 0 amide bonds. The first kappa shape index (κ1) is 15.1. The summed E-state index contributed by atoms with van der Waals surface area (Å²) < 4.78 is 37.0. The molecule has 2 rings (SSSR count). The number of nitrogens with two attached hydrogens (primary N) is 1. The molecule has 0 spiro atoms. The zero-order valence-corrected chi connectivity index (χ0v) is 11.4. The SMILES string of the molecule is CC(N)c1cccnc1N1CCN(CC(F)(F)F)CC1. The molecule has 112 valence electrons. The van der Waals surface area contributed by atoms with Crippen molar-refractivity contribution in [3.8, 4) is 0 Å². The second kappa shape index (κ2) is 5.97. The highest BCUT2D eigenvalue weighted by atomic mass is 19.4. The molecule has 0 bridgehead atoms. The van der Waals surface area contributed by atoms with Gasteiger partial charge in [-0.3, -0.25) is 4.90 Å². The minimum absolute atomic E-state index is 0.146. The standard InChI is InChI=1S/C13H19F3N4/c1-10(17)11-3-2-4-18-12(11)20-7-5-19(6-8-20)9-13(14,15)16/h2-4,10H,5-9,17H2,1H3. The first-order chi connectivity index (χ1) is 9.37. The van der Waals surface area contributed by atoms with E-state index in [4.69, 9.17) is 5.73 Å². The molecule has 1 fully saturated rings. The Bertz CT molecular complexity index is 439. The first-order valence-electron chi connectivity index (χ1n) is 6.61. The van der Waals surface area contributed by atoms with Crippen LogP contribution < -0.4 is 10.6 Å². The average Bonchev–Trinajstić information content (AvgIpc) is 2.38. The van der Waals surface area contributed by atoms with E-state index in [2.05, 4.69) is 4.98 Å². The molecule has 1 atom stereocenters. The molecule has 20 heavy (non-hydrogen) atoms. The molecule has 1 unspecified atom stereocenters. The number of pyridine rings is 1. The molecule has 1 aromatic heterocycles. The van der Waals surface area contributed by atoms with Gasteiger partial charge in [-0.25, -0.2) is 4.98 Å². The number of hydrogen-bond acceptors (Lipinski definition) is 4. The molecule has 0 aliphatic carbocycles. The van der Waals surface area contributed by atoms with Crippen LogP contribution in [0.2, 0.25) is 0 Å². The molecule has 1 saturated heterocycles. The maximum atomic E-state index is 12.3. The zero-order valence-electron chi connectivity index (χ0n) is 11.4. The maximum absolute atomic E-state index is 12.3. The van der Waals surface area contributed by atoms with E-state index in [0.717, 1.165) is 11.4 Å². The Kier molecular flexibility index (Phi) is 4.49. The van der Waals surface area contributed by atoms with E-state index in [1.807, 2.05) is 24.0 Å². The lowest BCUT2D eigenvalue weighted by molar-refractivity contribution is -0.146. The van der Waals surface area contributed by atoms with Crippen molar-refractivity contribution in [1.82, 2.24) is 9.88 Å². The van der Waals surface area contributed by atoms with Gasteiger partial charge < -0.3 is 10.6 Å². The summed E-state index contributed by atoms with van der Waals surface area (Å²) in [6, 6.07) is 3.59. The van der Waals surface area contributed by atoms with Crippen LogP contribution in [0.15, 0.2) is 18.3 Å². The predicted molar refractivity (Wildman–Crippen MR) is 71.5 cm³/mol. The lowest BCUT2D eigenvalue weighted by atomic mass is 10.1. The van der Waals surface area contributed by atoms with E-state index in [1.165, 1.54) is 4.90 Å². The van der Waals surface area contributed by atoms with Crippen LogP contribution >= 0.6 is 0 Å². The van der Waals surface area contributed by atoms with Gasteiger partial charge in [0, 0.05) is 44.0 Å². The molecule has 0 aromatic carbocycles. The van der Waals surface area contributed by atoms with Crippen LogP contribution in [0, 0.1) is 0 Å². The lowest BCUT2D eigenvalue weighted by Crippen LogP contribution is -2.49. The minimum atomic E-state index is -4.13. The maximum Gasteiger partial charge on any atom is 0.401 e. The van der Waals surface area contributed by atoms with Gasteiger partial charge in [0.15, 0.2) is 0 Å². The highest BCUT2D eigenvalue weighted by molar-refractivity contribution is 5.48. The summed E-state index contributed by atoms with van der Waals surface area (Å²) in [4.78, 5) is 7.76. The topological polar surface area (TPSA) is 45.4 Å². The normalized spacial score (nSPS) is 19.1. The molecule has 1 aromatic rings. The van der Waals surface area contributed by atoms with Gasteiger partial charge in [0.05, 0.1) is 6.54 Å². The molecular weight excluding hydrogens is 269 g/mol. The summed E-state index contributed by atoms with van der Waals surface area (Å²) in [7, 11) is 0. The van der Waals surface area contributed by atoms with E-state index >= 15 is 0 Å². The molecule has 7 heteroatoms. The summed E-state index contributed by atoms with van der Waals surface area (Å²) in [5, 5.41) is 0. The summed E-state index contributed by atoms with van der Waals surface area (Å²) >= 11 is 0. The van der Waals surface area contributed by atoms with Gasteiger partial charge in [-0.15, -0.1) is 0 Å². The van der Waals surface area contributed by atoms with Crippen molar-refractivity contribution in [2.75, 3.05) is 37.6 Å². The van der Waals surface area contributed by atoms with Crippen molar-refractivity contribution in [3.05, 3.63) is 23.9 Å². The highest BCUT2D eigenvalue weighted by Gasteiger charge is 2.32. The van der Waals surface area contributed by atoms with Gasteiger partial charge in [0.1, 0.15) is 5.82 Å². The van der Waals surface area contributed by atoms with Crippen LogP contribution in [0.4, 0.5) is 19.0 Å². The Labute approximate surface area is 116 Å². The summed E-state index contributed by atoms with van der Waals surface area (Å²) in [5.74, 6) is 0.786. The number of alkyl halides is 3. The molecule has 0 saturated carbocycles. The average molecular weight is 288 g/mol. The number of anilines is 1. The summed E-state index contributed by atoms with van der Waals surface area (Å²) in [5.41, 5.74) is 6.83. The number of nitrogens with zero attached hydrogens (tertiary/aromatic N) is 3. The number of aromatic nitrogens is 1. The second-order valence-electron chi connectivity index (χ2n) is 5.08. The minimum Gasteiger partial charge on any atom is -0.354 e. The summed E-state index contributed by atoms with van der Waals surface area (Å²) in [6.45, 7) is 2.87. The Balaban J connectivity index is 2.01. The van der Waals surface area contributed by atoms with Crippen LogP contribution in [0.5, 0.6) is 0 Å². The third kappa shape index (κ3) is 3.83. The van der Waals surface area contributed by atoms with Crippen molar-refractivity contribution in [2.24, 2.45) is 5.73 Å². The van der Waals surface area contributed by atoms with E-state index in [1.54, 1.807) is 6.20 Å².